The molecule has 1 aromatic carbocycles. The predicted octanol–water partition coefficient (Wildman–Crippen LogP) is 4.14. The number of aromatic nitrogens is 3. The van der Waals surface area contributed by atoms with Crippen LogP contribution in [0.4, 0.5) is 11.6 Å². The van der Waals surface area contributed by atoms with Gasteiger partial charge in [-0.25, -0.2) is 0 Å². The van der Waals surface area contributed by atoms with Crippen LogP contribution in [0, 0.1) is 0 Å². The lowest BCUT2D eigenvalue weighted by Crippen LogP contribution is -1.99. The van der Waals surface area contributed by atoms with E-state index in [1.54, 1.807) is 11.3 Å². The predicted molar refractivity (Wildman–Crippen MR) is 75.0 cm³/mol. The van der Waals surface area contributed by atoms with Crippen LogP contribution in [0.5, 0.6) is 0 Å². The molecule has 0 saturated carbocycles. The van der Waals surface area contributed by atoms with Gasteiger partial charge in [0, 0.05) is 10.4 Å². The van der Waals surface area contributed by atoms with Crippen LogP contribution in [0.1, 0.15) is 0 Å². The molecular weight excluding hydrogens is 291 g/mol. The first-order valence-electron chi connectivity index (χ1n) is 5.02. The second kappa shape index (κ2) is 4.68. The number of nitrogens with zero attached hydrogens (tertiary/aromatic N) is 3. The molecule has 7 heteroatoms. The van der Waals surface area contributed by atoms with Gasteiger partial charge in [-0.3, -0.25) is 0 Å². The first-order valence-corrected chi connectivity index (χ1v) is 6.66. The molecule has 0 bridgehead atoms. The zero-order valence-corrected chi connectivity index (χ0v) is 11.2. The third-order valence-electron chi connectivity index (χ3n) is 2.29. The number of nitrogens with one attached hydrogen (secondary N) is 1. The monoisotopic (exact) mass is 296 g/mol. The van der Waals surface area contributed by atoms with Crippen LogP contribution in [-0.2, 0) is 0 Å². The van der Waals surface area contributed by atoms with Gasteiger partial charge in [-0.05, 0) is 58.2 Å². The molecule has 0 aliphatic heterocycles. The number of halogens is 2. The highest BCUT2D eigenvalue weighted by molar-refractivity contribution is 7.17. The van der Waals surface area contributed by atoms with Crippen LogP contribution in [0.3, 0.4) is 0 Å². The Morgan fingerprint density at radius 3 is 2.56 bits per heavy atom. The average molecular weight is 297 g/mol. The Bertz CT molecular complexity index is 693. The molecule has 3 aromatic rings. The molecule has 0 fully saturated rings. The van der Waals surface area contributed by atoms with Crippen molar-refractivity contribution in [1.82, 2.24) is 15.0 Å². The van der Waals surface area contributed by atoms with Gasteiger partial charge >= 0.3 is 0 Å². The van der Waals surface area contributed by atoms with Gasteiger partial charge in [0.2, 0.25) is 16.5 Å². The van der Waals surface area contributed by atoms with Crippen molar-refractivity contribution in [2.75, 3.05) is 5.32 Å². The molecule has 1 N–H and O–H groups in total. The van der Waals surface area contributed by atoms with Crippen LogP contribution in [0.2, 0.25) is 10.6 Å². The summed E-state index contributed by atoms with van der Waals surface area (Å²) < 4.78 is 1.23. The summed E-state index contributed by atoms with van der Waals surface area (Å²) in [5.74, 6) is 0.328. The summed E-state index contributed by atoms with van der Waals surface area (Å²) in [7, 11) is 0. The molecule has 90 valence electrons. The highest BCUT2D eigenvalue weighted by atomic mass is 35.5. The van der Waals surface area contributed by atoms with Crippen LogP contribution in [0.15, 0.2) is 29.6 Å². The van der Waals surface area contributed by atoms with E-state index in [1.165, 1.54) is 4.70 Å². The quantitative estimate of drug-likeness (QED) is 0.772. The van der Waals surface area contributed by atoms with Gasteiger partial charge in [-0.2, -0.15) is 15.0 Å². The third kappa shape index (κ3) is 2.38. The van der Waals surface area contributed by atoms with Crippen molar-refractivity contribution < 1.29 is 0 Å². The van der Waals surface area contributed by atoms with Crippen LogP contribution in [-0.4, -0.2) is 15.0 Å². The summed E-state index contributed by atoms with van der Waals surface area (Å²) in [5, 5.41) is 6.38. The molecule has 2 aromatic heterocycles. The minimum Gasteiger partial charge on any atom is -0.324 e. The maximum atomic E-state index is 5.71. The van der Waals surface area contributed by atoms with Gasteiger partial charge < -0.3 is 5.32 Å². The molecule has 0 aliphatic carbocycles. The van der Waals surface area contributed by atoms with Crippen molar-refractivity contribution in [2.45, 2.75) is 0 Å². The molecule has 3 rings (SSSR count). The first kappa shape index (κ1) is 11.6. The Kier molecular flexibility index (Phi) is 3.03. The Hall–Kier alpha value is -1.43. The molecule has 4 nitrogen and oxygen atoms in total. The van der Waals surface area contributed by atoms with E-state index in [-0.39, 0.29) is 10.6 Å². The van der Waals surface area contributed by atoms with Crippen molar-refractivity contribution in [1.29, 1.82) is 0 Å². The highest BCUT2D eigenvalue weighted by Gasteiger charge is 2.04. The standard InChI is InChI=1S/C11H6Cl2N4S/c12-9-15-10(13)17-11(16-9)14-7-1-2-8-6(5-7)3-4-18-8/h1-5H,(H,14,15,16,17). The zero-order valence-electron chi connectivity index (χ0n) is 8.89. The van der Waals surface area contributed by atoms with Crippen molar-refractivity contribution in [3.8, 4) is 0 Å². The summed E-state index contributed by atoms with van der Waals surface area (Å²) in [4.78, 5) is 11.6. The first-order chi connectivity index (χ1) is 8.70. The Balaban J connectivity index is 1.95. The average Bonchev–Trinajstić information content (AvgIpc) is 2.74. The molecular formula is C11H6Cl2N4S. The number of anilines is 2. The minimum absolute atomic E-state index is 0.0640. The van der Waals surface area contributed by atoms with Crippen LogP contribution in [0.25, 0.3) is 10.1 Å². The number of hydrogen-bond acceptors (Lipinski definition) is 5. The summed E-state index contributed by atoms with van der Waals surface area (Å²) in [5.41, 5.74) is 0.874. The Morgan fingerprint density at radius 2 is 1.78 bits per heavy atom. The van der Waals surface area contributed by atoms with Gasteiger partial charge in [-0.15, -0.1) is 11.3 Å². The van der Waals surface area contributed by atoms with Crippen molar-refractivity contribution in [3.05, 3.63) is 40.2 Å². The SMILES string of the molecule is Clc1nc(Cl)nc(Nc2ccc3sccc3c2)n1. The topological polar surface area (TPSA) is 50.7 Å². The zero-order chi connectivity index (χ0) is 12.5. The molecule has 0 atom stereocenters. The van der Waals surface area contributed by atoms with Crippen LogP contribution < -0.4 is 5.32 Å². The maximum Gasteiger partial charge on any atom is 0.232 e. The molecule has 18 heavy (non-hydrogen) atoms. The van der Waals surface area contributed by atoms with Gasteiger partial charge in [0.25, 0.3) is 0 Å². The Labute approximate surface area is 117 Å². The number of hydrogen-bond donors (Lipinski definition) is 1. The summed E-state index contributed by atoms with van der Waals surface area (Å²) in [6, 6.07) is 8.05. The fourth-order valence-corrected chi connectivity index (χ4v) is 2.69. The van der Waals surface area contributed by atoms with E-state index < -0.39 is 0 Å². The van der Waals surface area contributed by atoms with E-state index in [9.17, 15) is 0 Å². The van der Waals surface area contributed by atoms with E-state index in [4.69, 9.17) is 23.2 Å². The summed E-state index contributed by atoms with van der Waals surface area (Å²) in [6.45, 7) is 0. The fraction of sp³-hybridized carbons (Fsp3) is 0. The second-order valence-electron chi connectivity index (χ2n) is 3.50. The summed E-state index contributed by atoms with van der Waals surface area (Å²) in [6.07, 6.45) is 0. The van der Waals surface area contributed by atoms with E-state index >= 15 is 0 Å². The molecule has 0 radical (unpaired) electrons. The van der Waals surface area contributed by atoms with Crippen LogP contribution >= 0.6 is 34.5 Å². The van der Waals surface area contributed by atoms with Gasteiger partial charge in [-0.1, -0.05) is 0 Å². The number of rotatable bonds is 2. The number of benzene rings is 1. The molecule has 0 unspecified atom stereocenters. The van der Waals surface area contributed by atoms with E-state index in [0.29, 0.717) is 5.95 Å². The van der Waals surface area contributed by atoms with Crippen molar-refractivity contribution in [3.63, 3.8) is 0 Å². The lowest BCUT2D eigenvalue weighted by atomic mass is 10.2. The number of thiophene rings is 1. The molecule has 0 saturated heterocycles. The Morgan fingerprint density at radius 1 is 1.00 bits per heavy atom. The lowest BCUT2D eigenvalue weighted by molar-refractivity contribution is 1.05. The number of fused-ring (bicyclic) bond motifs is 1. The van der Waals surface area contributed by atoms with Crippen molar-refractivity contribution >= 4 is 56.3 Å². The molecule has 0 spiro atoms. The highest BCUT2D eigenvalue weighted by Crippen LogP contribution is 2.25. The molecule has 2 heterocycles. The largest absolute Gasteiger partial charge is 0.324 e. The van der Waals surface area contributed by atoms with E-state index in [2.05, 4.69) is 26.3 Å². The fourth-order valence-electron chi connectivity index (χ4n) is 1.56. The van der Waals surface area contributed by atoms with E-state index in [0.717, 1.165) is 11.1 Å². The van der Waals surface area contributed by atoms with Gasteiger partial charge in [0.1, 0.15) is 0 Å². The smallest absolute Gasteiger partial charge is 0.232 e. The summed E-state index contributed by atoms with van der Waals surface area (Å²) >= 11 is 13.1. The van der Waals surface area contributed by atoms with Gasteiger partial charge in [0.05, 0.1) is 0 Å². The molecule has 0 aliphatic rings. The van der Waals surface area contributed by atoms with Gasteiger partial charge in [0.15, 0.2) is 0 Å². The van der Waals surface area contributed by atoms with E-state index in [1.807, 2.05) is 23.6 Å². The van der Waals surface area contributed by atoms with Crippen molar-refractivity contribution in [2.24, 2.45) is 0 Å². The normalized spacial score (nSPS) is 10.8. The lowest BCUT2D eigenvalue weighted by Gasteiger charge is -2.04. The molecule has 0 amide bonds. The minimum atomic E-state index is 0.0640. The maximum absolute atomic E-state index is 5.71. The second-order valence-corrected chi connectivity index (χ2v) is 5.12. The third-order valence-corrected chi connectivity index (χ3v) is 3.53.